The molecular weight excluding hydrogens is 252 g/mol. The highest BCUT2D eigenvalue weighted by atomic mass is 16.3. The van der Waals surface area contributed by atoms with Gasteiger partial charge < -0.3 is 15.7 Å². The van der Waals surface area contributed by atoms with Crippen molar-refractivity contribution in [3.05, 3.63) is 29.8 Å². The third-order valence-corrected chi connectivity index (χ3v) is 4.62. The number of rotatable bonds is 3. The maximum absolute atomic E-state index is 12.2. The first-order chi connectivity index (χ1) is 9.74. The molecule has 1 aromatic rings. The Morgan fingerprint density at radius 1 is 1.30 bits per heavy atom. The van der Waals surface area contributed by atoms with E-state index in [0.29, 0.717) is 18.5 Å². The molecule has 0 aromatic heterocycles. The van der Waals surface area contributed by atoms with Crippen molar-refractivity contribution in [3.8, 4) is 5.75 Å². The highest BCUT2D eigenvalue weighted by Crippen LogP contribution is 2.33. The second-order valence-electron chi connectivity index (χ2n) is 5.95. The number of carbonyl (C=O) groups excluding carboxylic acids is 1. The summed E-state index contributed by atoms with van der Waals surface area (Å²) < 4.78 is 0. The summed E-state index contributed by atoms with van der Waals surface area (Å²) in [6, 6.07) is 7.59. The Kier molecular flexibility index (Phi) is 3.92. The first-order valence-corrected chi connectivity index (χ1v) is 7.54. The first-order valence-electron chi connectivity index (χ1n) is 7.54. The minimum atomic E-state index is -0.0612. The number of nitrogens with one attached hydrogen (secondary N) is 2. The van der Waals surface area contributed by atoms with Gasteiger partial charge in [0.05, 0.1) is 6.04 Å². The van der Waals surface area contributed by atoms with Crippen LogP contribution in [0.2, 0.25) is 0 Å². The van der Waals surface area contributed by atoms with Crippen molar-refractivity contribution in [1.82, 2.24) is 10.6 Å². The summed E-state index contributed by atoms with van der Waals surface area (Å²) in [4.78, 5) is 12.2. The fourth-order valence-corrected chi connectivity index (χ4v) is 3.49. The number of para-hydroxylation sites is 1. The number of benzene rings is 1. The molecule has 1 amide bonds. The molecule has 2 fully saturated rings. The van der Waals surface area contributed by atoms with Crippen LogP contribution in [-0.2, 0) is 11.3 Å². The Morgan fingerprint density at radius 3 is 2.90 bits per heavy atom. The van der Waals surface area contributed by atoms with Gasteiger partial charge in [0.2, 0.25) is 5.91 Å². The first kappa shape index (κ1) is 13.4. The van der Waals surface area contributed by atoms with Gasteiger partial charge in [0.25, 0.3) is 0 Å². The molecule has 4 nitrogen and oxygen atoms in total. The van der Waals surface area contributed by atoms with Gasteiger partial charge in [0.1, 0.15) is 5.75 Å². The van der Waals surface area contributed by atoms with Crippen molar-refractivity contribution in [2.24, 2.45) is 5.92 Å². The summed E-state index contributed by atoms with van der Waals surface area (Å²) in [7, 11) is 0. The molecule has 3 atom stereocenters. The number of hydrogen-bond acceptors (Lipinski definition) is 3. The third-order valence-electron chi connectivity index (χ3n) is 4.62. The number of fused-ring (bicyclic) bond motifs is 1. The summed E-state index contributed by atoms with van der Waals surface area (Å²) >= 11 is 0. The standard InChI is InChI=1S/C16H22N2O2/c19-15-8-4-2-6-12(15)10-17-16(20)14-9-11-5-1-3-7-13(11)18-14/h2,4,6,8,11,13-14,18-19H,1,3,5,7,9-10H2,(H,17,20). The second-order valence-corrected chi connectivity index (χ2v) is 5.95. The fraction of sp³-hybridized carbons (Fsp3) is 0.562. The summed E-state index contributed by atoms with van der Waals surface area (Å²) in [5.74, 6) is 0.966. The van der Waals surface area contributed by atoms with Crippen LogP contribution in [0.4, 0.5) is 0 Å². The van der Waals surface area contributed by atoms with E-state index in [0.717, 1.165) is 12.0 Å². The SMILES string of the molecule is O=C(NCc1ccccc1O)C1CC2CCCCC2N1. The van der Waals surface area contributed by atoms with Crippen LogP contribution in [0.1, 0.15) is 37.7 Å². The normalized spacial score (nSPS) is 28.9. The molecule has 108 valence electrons. The Balaban J connectivity index is 1.54. The molecule has 3 rings (SSSR count). The van der Waals surface area contributed by atoms with E-state index in [1.54, 1.807) is 12.1 Å². The highest BCUT2D eigenvalue weighted by molar-refractivity contribution is 5.82. The van der Waals surface area contributed by atoms with Crippen molar-refractivity contribution in [3.63, 3.8) is 0 Å². The van der Waals surface area contributed by atoms with Crippen LogP contribution in [0.5, 0.6) is 5.75 Å². The third kappa shape index (κ3) is 2.80. The molecule has 1 aliphatic carbocycles. The van der Waals surface area contributed by atoms with Crippen LogP contribution in [0, 0.1) is 5.92 Å². The van der Waals surface area contributed by atoms with Crippen LogP contribution in [0.3, 0.4) is 0 Å². The van der Waals surface area contributed by atoms with Crippen molar-refractivity contribution >= 4 is 5.91 Å². The lowest BCUT2D eigenvalue weighted by molar-refractivity contribution is -0.123. The monoisotopic (exact) mass is 274 g/mol. The molecule has 3 unspecified atom stereocenters. The van der Waals surface area contributed by atoms with Gasteiger partial charge in [-0.1, -0.05) is 31.0 Å². The molecule has 1 aliphatic heterocycles. The van der Waals surface area contributed by atoms with Crippen molar-refractivity contribution in [2.75, 3.05) is 0 Å². The van der Waals surface area contributed by atoms with E-state index in [-0.39, 0.29) is 17.7 Å². The fourth-order valence-electron chi connectivity index (χ4n) is 3.49. The summed E-state index contributed by atoms with van der Waals surface area (Å²) in [6.07, 6.45) is 5.99. The Bertz CT molecular complexity index is 475. The largest absolute Gasteiger partial charge is 0.508 e. The molecule has 0 radical (unpaired) electrons. The van der Waals surface area contributed by atoms with Crippen molar-refractivity contribution in [1.29, 1.82) is 0 Å². The maximum Gasteiger partial charge on any atom is 0.237 e. The molecule has 0 bridgehead atoms. The van der Waals surface area contributed by atoms with Gasteiger partial charge in [0, 0.05) is 18.2 Å². The van der Waals surface area contributed by atoms with E-state index >= 15 is 0 Å². The van der Waals surface area contributed by atoms with E-state index in [1.807, 2.05) is 12.1 Å². The van der Waals surface area contributed by atoms with Gasteiger partial charge in [-0.15, -0.1) is 0 Å². The molecule has 0 spiro atoms. The van der Waals surface area contributed by atoms with E-state index in [2.05, 4.69) is 10.6 Å². The average Bonchev–Trinajstić information content (AvgIpc) is 2.90. The summed E-state index contributed by atoms with van der Waals surface area (Å²) in [5.41, 5.74) is 0.760. The van der Waals surface area contributed by atoms with E-state index < -0.39 is 0 Å². The van der Waals surface area contributed by atoms with E-state index in [1.165, 1.54) is 25.7 Å². The molecule has 1 aromatic carbocycles. The molecule has 3 N–H and O–H groups in total. The second kappa shape index (κ2) is 5.83. The molecule has 4 heteroatoms. The van der Waals surface area contributed by atoms with Gasteiger partial charge in [-0.3, -0.25) is 4.79 Å². The van der Waals surface area contributed by atoms with Crippen LogP contribution >= 0.6 is 0 Å². The minimum Gasteiger partial charge on any atom is -0.508 e. The molecule has 1 heterocycles. The van der Waals surface area contributed by atoms with Crippen LogP contribution in [0.15, 0.2) is 24.3 Å². The lowest BCUT2D eigenvalue weighted by Crippen LogP contribution is -2.42. The zero-order chi connectivity index (χ0) is 13.9. The number of aromatic hydroxyl groups is 1. The number of hydrogen-bond donors (Lipinski definition) is 3. The van der Waals surface area contributed by atoms with Gasteiger partial charge in [-0.05, 0) is 31.2 Å². The van der Waals surface area contributed by atoms with Crippen molar-refractivity contribution < 1.29 is 9.90 Å². The molecule has 1 saturated heterocycles. The van der Waals surface area contributed by atoms with Crippen LogP contribution in [-0.4, -0.2) is 23.1 Å². The number of carbonyl (C=O) groups is 1. The topological polar surface area (TPSA) is 61.4 Å². The number of phenolic OH excluding ortho intramolecular Hbond substituents is 1. The Hall–Kier alpha value is -1.55. The lowest BCUT2D eigenvalue weighted by atomic mass is 9.85. The molecule has 2 aliphatic rings. The Labute approximate surface area is 119 Å². The average molecular weight is 274 g/mol. The minimum absolute atomic E-state index is 0.0580. The van der Waals surface area contributed by atoms with Crippen molar-refractivity contribution in [2.45, 2.75) is 50.7 Å². The van der Waals surface area contributed by atoms with E-state index in [4.69, 9.17) is 0 Å². The smallest absolute Gasteiger partial charge is 0.237 e. The predicted octanol–water partition coefficient (Wildman–Crippen LogP) is 1.93. The summed E-state index contributed by atoms with van der Waals surface area (Å²) in [6.45, 7) is 0.388. The summed E-state index contributed by atoms with van der Waals surface area (Å²) in [5, 5.41) is 16.1. The van der Waals surface area contributed by atoms with Gasteiger partial charge in [-0.2, -0.15) is 0 Å². The molecular formula is C16H22N2O2. The zero-order valence-corrected chi connectivity index (χ0v) is 11.6. The predicted molar refractivity (Wildman–Crippen MR) is 77.2 cm³/mol. The quantitative estimate of drug-likeness (QED) is 0.789. The maximum atomic E-state index is 12.2. The van der Waals surface area contributed by atoms with Gasteiger partial charge in [-0.25, -0.2) is 0 Å². The van der Waals surface area contributed by atoms with E-state index in [9.17, 15) is 9.90 Å². The van der Waals surface area contributed by atoms with Crippen LogP contribution in [0.25, 0.3) is 0 Å². The zero-order valence-electron chi connectivity index (χ0n) is 11.6. The molecule has 1 saturated carbocycles. The van der Waals surface area contributed by atoms with Gasteiger partial charge in [0.15, 0.2) is 0 Å². The lowest BCUT2D eigenvalue weighted by Gasteiger charge is -2.24. The molecule has 20 heavy (non-hydrogen) atoms. The Morgan fingerprint density at radius 2 is 2.10 bits per heavy atom. The number of phenols is 1. The van der Waals surface area contributed by atoms with Crippen LogP contribution < -0.4 is 10.6 Å². The highest BCUT2D eigenvalue weighted by Gasteiger charge is 2.37. The van der Waals surface area contributed by atoms with Gasteiger partial charge >= 0.3 is 0 Å². The number of amides is 1.